The summed E-state index contributed by atoms with van der Waals surface area (Å²) in [4.78, 5) is 9.12. The summed E-state index contributed by atoms with van der Waals surface area (Å²) in [5.41, 5.74) is 3.52. The third-order valence-electron chi connectivity index (χ3n) is 5.29. The van der Waals surface area contributed by atoms with Crippen LogP contribution in [0, 0.1) is 13.8 Å². The zero-order valence-electron chi connectivity index (χ0n) is 20.4. The topological polar surface area (TPSA) is 114 Å². The van der Waals surface area contributed by atoms with Gasteiger partial charge in [-0.1, -0.05) is 0 Å². The number of hydrogen-bond donors (Lipinski definition) is 3. The minimum atomic E-state index is -3.74. The largest absolute Gasteiger partial charge is 0.497 e. The monoisotopic (exact) mass is 505 g/mol. The standard InChI is InChI=1S/C26H27N5O4S/c1-17-15-23(13-14-24(17)35-4)36(32,33)31-21-7-5-20(6-8-21)29-26-27-18(2)16-25(30-26)28-19-9-11-22(34-3)12-10-19/h5-16,31H,1-4H3,(H2,27,28,29,30). The molecule has 3 aromatic carbocycles. The van der Waals surface area contributed by atoms with Crippen LogP contribution in [0.25, 0.3) is 0 Å². The average molecular weight is 506 g/mol. The predicted molar refractivity (Wildman–Crippen MR) is 141 cm³/mol. The van der Waals surface area contributed by atoms with Crippen LogP contribution in [0.2, 0.25) is 0 Å². The Balaban J connectivity index is 1.45. The van der Waals surface area contributed by atoms with Crippen LogP contribution in [0.1, 0.15) is 11.3 Å². The summed E-state index contributed by atoms with van der Waals surface area (Å²) >= 11 is 0. The summed E-state index contributed by atoms with van der Waals surface area (Å²) < 4.78 is 38.6. The van der Waals surface area contributed by atoms with E-state index in [0.717, 1.165) is 22.7 Å². The Morgan fingerprint density at radius 2 is 1.36 bits per heavy atom. The number of aromatic nitrogens is 2. The maximum absolute atomic E-state index is 12.8. The summed E-state index contributed by atoms with van der Waals surface area (Å²) in [6, 6.07) is 20.9. The molecule has 0 unspecified atom stereocenters. The van der Waals surface area contributed by atoms with E-state index in [1.54, 1.807) is 57.5 Å². The highest BCUT2D eigenvalue weighted by atomic mass is 32.2. The summed E-state index contributed by atoms with van der Waals surface area (Å²) in [5, 5.41) is 6.41. The van der Waals surface area contributed by atoms with Crippen LogP contribution in [-0.4, -0.2) is 32.6 Å². The van der Waals surface area contributed by atoms with Crippen molar-refractivity contribution in [2.75, 3.05) is 29.6 Å². The second kappa shape index (κ2) is 10.5. The van der Waals surface area contributed by atoms with Crippen molar-refractivity contribution in [3.8, 4) is 11.5 Å². The molecule has 4 rings (SSSR count). The third-order valence-corrected chi connectivity index (χ3v) is 6.67. The molecule has 36 heavy (non-hydrogen) atoms. The van der Waals surface area contributed by atoms with Gasteiger partial charge in [0.2, 0.25) is 5.95 Å². The van der Waals surface area contributed by atoms with Crippen LogP contribution in [0.5, 0.6) is 11.5 Å². The van der Waals surface area contributed by atoms with Crippen LogP contribution in [0.15, 0.2) is 77.7 Å². The molecule has 0 saturated carbocycles. The first-order valence-corrected chi connectivity index (χ1v) is 12.6. The molecule has 0 fully saturated rings. The van der Waals surface area contributed by atoms with Gasteiger partial charge in [-0.15, -0.1) is 0 Å². The van der Waals surface area contributed by atoms with Crippen LogP contribution < -0.4 is 24.8 Å². The van der Waals surface area contributed by atoms with Crippen LogP contribution in [0.3, 0.4) is 0 Å². The summed E-state index contributed by atoms with van der Waals surface area (Å²) in [6.45, 7) is 3.68. The van der Waals surface area contributed by atoms with Gasteiger partial charge >= 0.3 is 0 Å². The van der Waals surface area contributed by atoms with Gasteiger partial charge in [-0.2, -0.15) is 4.98 Å². The minimum Gasteiger partial charge on any atom is -0.497 e. The molecule has 0 atom stereocenters. The highest BCUT2D eigenvalue weighted by Crippen LogP contribution is 2.25. The van der Waals surface area contributed by atoms with E-state index in [4.69, 9.17) is 9.47 Å². The summed E-state index contributed by atoms with van der Waals surface area (Å²) in [5.74, 6) is 2.44. The normalized spacial score (nSPS) is 11.0. The molecule has 0 saturated heterocycles. The number of nitrogens with zero attached hydrogens (tertiary/aromatic N) is 2. The van der Waals surface area contributed by atoms with Gasteiger partial charge in [-0.3, -0.25) is 4.72 Å². The Morgan fingerprint density at radius 3 is 2.00 bits per heavy atom. The van der Waals surface area contributed by atoms with E-state index >= 15 is 0 Å². The number of methoxy groups -OCH3 is 2. The number of benzene rings is 3. The Hall–Kier alpha value is -4.31. The molecule has 0 amide bonds. The quantitative estimate of drug-likeness (QED) is 0.277. The molecule has 0 aliphatic rings. The number of ether oxygens (including phenoxy) is 2. The van der Waals surface area contributed by atoms with Gasteiger partial charge in [-0.05, 0) is 86.1 Å². The third kappa shape index (κ3) is 6.02. The van der Waals surface area contributed by atoms with Crippen LogP contribution >= 0.6 is 0 Å². The number of hydrogen-bond acceptors (Lipinski definition) is 8. The molecule has 1 heterocycles. The molecular formula is C26H27N5O4S. The number of rotatable bonds is 9. The lowest BCUT2D eigenvalue weighted by Crippen LogP contribution is -2.13. The molecule has 10 heteroatoms. The maximum Gasteiger partial charge on any atom is 0.261 e. The summed E-state index contributed by atoms with van der Waals surface area (Å²) in [7, 11) is -0.576. The van der Waals surface area contributed by atoms with Crippen LogP contribution in [0.4, 0.5) is 28.8 Å². The average Bonchev–Trinajstić information content (AvgIpc) is 2.85. The van der Waals surface area contributed by atoms with E-state index in [1.165, 1.54) is 6.07 Å². The van der Waals surface area contributed by atoms with Crippen molar-refractivity contribution in [1.29, 1.82) is 0 Å². The van der Waals surface area contributed by atoms with Crippen molar-refractivity contribution >= 4 is 38.9 Å². The molecule has 4 aromatic rings. The highest BCUT2D eigenvalue weighted by molar-refractivity contribution is 7.92. The van der Waals surface area contributed by atoms with E-state index in [2.05, 4.69) is 25.3 Å². The molecule has 0 spiro atoms. The molecule has 0 bridgehead atoms. The van der Waals surface area contributed by atoms with Gasteiger partial charge in [0.25, 0.3) is 10.0 Å². The minimum absolute atomic E-state index is 0.160. The van der Waals surface area contributed by atoms with Crippen molar-refractivity contribution in [2.45, 2.75) is 18.7 Å². The van der Waals surface area contributed by atoms with Crippen molar-refractivity contribution in [1.82, 2.24) is 9.97 Å². The van der Waals surface area contributed by atoms with E-state index in [-0.39, 0.29) is 4.90 Å². The van der Waals surface area contributed by atoms with Gasteiger partial charge in [0, 0.05) is 28.8 Å². The number of sulfonamides is 1. The lowest BCUT2D eigenvalue weighted by molar-refractivity contribution is 0.411. The Labute approximate surface area is 210 Å². The van der Waals surface area contributed by atoms with Gasteiger partial charge in [0.05, 0.1) is 19.1 Å². The van der Waals surface area contributed by atoms with E-state index in [1.807, 2.05) is 37.3 Å². The Bertz CT molecular complexity index is 1460. The molecule has 186 valence electrons. The molecule has 3 N–H and O–H groups in total. The number of anilines is 5. The highest BCUT2D eigenvalue weighted by Gasteiger charge is 2.16. The number of aryl methyl sites for hydroxylation is 2. The van der Waals surface area contributed by atoms with Gasteiger partial charge < -0.3 is 20.1 Å². The molecule has 0 aliphatic carbocycles. The molecule has 0 aliphatic heterocycles. The fourth-order valence-electron chi connectivity index (χ4n) is 3.49. The van der Waals surface area contributed by atoms with Crippen molar-refractivity contribution < 1.29 is 17.9 Å². The zero-order chi connectivity index (χ0) is 25.7. The molecule has 9 nitrogen and oxygen atoms in total. The number of nitrogens with one attached hydrogen (secondary N) is 3. The second-order valence-electron chi connectivity index (χ2n) is 8.01. The second-order valence-corrected chi connectivity index (χ2v) is 9.69. The fourth-order valence-corrected chi connectivity index (χ4v) is 4.64. The van der Waals surface area contributed by atoms with Gasteiger partial charge in [0.15, 0.2) is 0 Å². The van der Waals surface area contributed by atoms with Gasteiger partial charge in [-0.25, -0.2) is 13.4 Å². The molecular weight excluding hydrogens is 478 g/mol. The lowest BCUT2D eigenvalue weighted by Gasteiger charge is -2.12. The van der Waals surface area contributed by atoms with E-state index in [0.29, 0.717) is 28.9 Å². The first-order chi connectivity index (χ1) is 17.3. The predicted octanol–water partition coefficient (Wildman–Crippen LogP) is 5.40. The zero-order valence-corrected chi connectivity index (χ0v) is 21.2. The first-order valence-electron chi connectivity index (χ1n) is 11.1. The maximum atomic E-state index is 12.8. The molecule has 0 radical (unpaired) electrons. The Kier molecular flexibility index (Phi) is 7.25. The summed E-state index contributed by atoms with van der Waals surface area (Å²) in [6.07, 6.45) is 0. The van der Waals surface area contributed by atoms with Crippen molar-refractivity contribution in [3.05, 3.63) is 84.1 Å². The fraction of sp³-hybridized carbons (Fsp3) is 0.154. The van der Waals surface area contributed by atoms with Crippen LogP contribution in [-0.2, 0) is 10.0 Å². The van der Waals surface area contributed by atoms with E-state index in [9.17, 15) is 8.42 Å². The van der Waals surface area contributed by atoms with Crippen molar-refractivity contribution in [2.24, 2.45) is 0 Å². The Morgan fingerprint density at radius 1 is 0.722 bits per heavy atom. The molecule has 1 aromatic heterocycles. The lowest BCUT2D eigenvalue weighted by atomic mass is 10.2. The van der Waals surface area contributed by atoms with Gasteiger partial charge in [0.1, 0.15) is 17.3 Å². The smallest absolute Gasteiger partial charge is 0.261 e. The first kappa shape index (κ1) is 24.8. The van der Waals surface area contributed by atoms with Crippen molar-refractivity contribution in [3.63, 3.8) is 0 Å². The SMILES string of the molecule is COc1ccc(Nc2cc(C)nc(Nc3ccc(NS(=O)(=O)c4ccc(OC)c(C)c4)cc3)n2)cc1. The van der Waals surface area contributed by atoms with E-state index < -0.39 is 10.0 Å².